The van der Waals surface area contributed by atoms with Crippen molar-refractivity contribution < 1.29 is 4.42 Å². The Morgan fingerprint density at radius 1 is 1.29 bits per heavy atom. The molecule has 14 heavy (non-hydrogen) atoms. The summed E-state index contributed by atoms with van der Waals surface area (Å²) in [4.78, 5) is 3.13. The first-order chi connectivity index (χ1) is 6.95. The third-order valence-electron chi connectivity index (χ3n) is 2.14. The molecule has 0 aliphatic heterocycles. The maximum Gasteiger partial charge on any atom is 0.306 e. The van der Waals surface area contributed by atoms with Gasteiger partial charge in [0.05, 0.1) is 5.56 Å². The van der Waals surface area contributed by atoms with E-state index in [-0.39, 0.29) is 0 Å². The van der Waals surface area contributed by atoms with Crippen molar-refractivity contribution in [2.45, 2.75) is 0 Å². The van der Waals surface area contributed by atoms with Gasteiger partial charge in [-0.05, 0) is 6.07 Å². The summed E-state index contributed by atoms with van der Waals surface area (Å²) in [5, 5.41) is 8.42. The lowest BCUT2D eigenvalue weighted by molar-refractivity contribution is 0.559. The Bertz CT molecular complexity index is 554. The molecular formula is C10H6N3O. The van der Waals surface area contributed by atoms with Crippen molar-refractivity contribution in [1.82, 2.24) is 15.2 Å². The highest BCUT2D eigenvalue weighted by Crippen LogP contribution is 2.26. The van der Waals surface area contributed by atoms with E-state index in [0.29, 0.717) is 5.89 Å². The van der Waals surface area contributed by atoms with Gasteiger partial charge in [0.2, 0.25) is 0 Å². The highest BCUT2D eigenvalue weighted by molar-refractivity contribution is 5.93. The van der Waals surface area contributed by atoms with Crippen molar-refractivity contribution in [2.24, 2.45) is 0 Å². The second-order valence-electron chi connectivity index (χ2n) is 2.95. The van der Waals surface area contributed by atoms with E-state index < -0.39 is 0 Å². The molecule has 2 aromatic heterocycles. The third-order valence-corrected chi connectivity index (χ3v) is 2.14. The summed E-state index contributed by atoms with van der Waals surface area (Å²) in [7, 11) is 0. The molecule has 0 saturated heterocycles. The molecule has 0 aliphatic rings. The molecule has 3 rings (SSSR count). The van der Waals surface area contributed by atoms with Crippen molar-refractivity contribution in [1.29, 1.82) is 0 Å². The summed E-state index contributed by atoms with van der Waals surface area (Å²) in [6.45, 7) is 0. The Morgan fingerprint density at radius 3 is 3.07 bits per heavy atom. The standard InChI is InChI=1S/C10H6N3O/c1-2-4-9-7(3-1)8(5-11-9)10-13-12-6-14-10/h1-5,11H. The van der Waals surface area contributed by atoms with Crippen LogP contribution >= 0.6 is 0 Å². The van der Waals surface area contributed by atoms with Gasteiger partial charge in [0, 0.05) is 17.1 Å². The maximum atomic E-state index is 5.02. The number of nitrogens with one attached hydrogen (secondary N) is 1. The lowest BCUT2D eigenvalue weighted by atomic mass is 10.2. The average Bonchev–Trinajstić information content (AvgIpc) is 2.85. The van der Waals surface area contributed by atoms with E-state index in [9.17, 15) is 0 Å². The smallest absolute Gasteiger partial charge is 0.306 e. The molecule has 0 unspecified atom stereocenters. The molecule has 0 spiro atoms. The summed E-state index contributed by atoms with van der Waals surface area (Å²) in [5.41, 5.74) is 1.97. The van der Waals surface area contributed by atoms with Crippen LogP contribution in [0.4, 0.5) is 0 Å². The SMILES string of the molecule is [c]1nnc(-c2c[nH]c3ccccc23)o1. The minimum Gasteiger partial charge on any atom is -0.412 e. The first-order valence-corrected chi connectivity index (χ1v) is 4.21. The van der Waals surface area contributed by atoms with E-state index in [4.69, 9.17) is 4.42 Å². The van der Waals surface area contributed by atoms with Gasteiger partial charge in [0.25, 0.3) is 5.89 Å². The van der Waals surface area contributed by atoms with Crippen LogP contribution < -0.4 is 0 Å². The van der Waals surface area contributed by atoms with Crippen molar-refractivity contribution >= 4 is 10.9 Å². The molecule has 0 aliphatic carbocycles. The summed E-state index contributed by atoms with van der Waals surface area (Å²) in [5.74, 6) is 0.488. The van der Waals surface area contributed by atoms with E-state index in [1.165, 1.54) is 0 Å². The number of hydrogen-bond donors (Lipinski definition) is 1. The number of hydrogen-bond acceptors (Lipinski definition) is 3. The Kier molecular flexibility index (Phi) is 1.41. The van der Waals surface area contributed by atoms with Gasteiger partial charge in [0.15, 0.2) is 0 Å². The van der Waals surface area contributed by atoms with Crippen LogP contribution in [0.2, 0.25) is 0 Å². The molecule has 0 amide bonds. The Hall–Kier alpha value is -2.10. The number of fused-ring (bicyclic) bond motifs is 1. The van der Waals surface area contributed by atoms with E-state index in [1.807, 2.05) is 30.5 Å². The van der Waals surface area contributed by atoms with Crippen molar-refractivity contribution in [2.75, 3.05) is 0 Å². The van der Waals surface area contributed by atoms with E-state index >= 15 is 0 Å². The van der Waals surface area contributed by atoms with Gasteiger partial charge in [-0.15, -0.1) is 10.2 Å². The zero-order valence-electron chi connectivity index (χ0n) is 7.19. The lowest BCUT2D eigenvalue weighted by Crippen LogP contribution is -1.74. The Balaban J connectivity index is 2.33. The van der Waals surface area contributed by atoms with Gasteiger partial charge in [0.1, 0.15) is 0 Å². The van der Waals surface area contributed by atoms with Gasteiger partial charge in [-0.2, -0.15) is 0 Å². The summed E-state index contributed by atoms with van der Waals surface area (Å²) < 4.78 is 5.02. The Labute approximate surface area is 79.6 Å². The van der Waals surface area contributed by atoms with Crippen LogP contribution in [0.25, 0.3) is 22.4 Å². The molecule has 1 aromatic carbocycles. The number of aromatic amines is 1. The van der Waals surface area contributed by atoms with E-state index in [0.717, 1.165) is 16.5 Å². The van der Waals surface area contributed by atoms with Crippen LogP contribution in [0.5, 0.6) is 0 Å². The fraction of sp³-hybridized carbons (Fsp3) is 0. The number of benzene rings is 1. The fourth-order valence-corrected chi connectivity index (χ4v) is 1.51. The molecule has 3 aromatic rings. The third kappa shape index (κ3) is 0.939. The van der Waals surface area contributed by atoms with Gasteiger partial charge in [-0.1, -0.05) is 18.2 Å². The second-order valence-corrected chi connectivity index (χ2v) is 2.95. The van der Waals surface area contributed by atoms with Crippen molar-refractivity contribution in [3.05, 3.63) is 36.9 Å². The molecule has 1 radical (unpaired) electrons. The highest BCUT2D eigenvalue weighted by Gasteiger charge is 2.09. The Morgan fingerprint density at radius 2 is 2.21 bits per heavy atom. The summed E-state index contributed by atoms with van der Waals surface area (Å²) >= 11 is 0. The molecule has 4 heteroatoms. The molecule has 0 bridgehead atoms. The maximum absolute atomic E-state index is 5.02. The molecule has 1 N–H and O–H groups in total. The fourth-order valence-electron chi connectivity index (χ4n) is 1.51. The van der Waals surface area contributed by atoms with Gasteiger partial charge in [-0.3, -0.25) is 0 Å². The van der Waals surface area contributed by atoms with Crippen LogP contribution in [0.15, 0.2) is 34.9 Å². The number of rotatable bonds is 1. The van der Waals surface area contributed by atoms with E-state index in [2.05, 4.69) is 21.6 Å². The molecule has 0 atom stereocenters. The van der Waals surface area contributed by atoms with Crippen LogP contribution in [0, 0.1) is 6.39 Å². The topological polar surface area (TPSA) is 54.7 Å². The van der Waals surface area contributed by atoms with Gasteiger partial charge < -0.3 is 9.40 Å². The van der Waals surface area contributed by atoms with Gasteiger partial charge >= 0.3 is 6.39 Å². The first kappa shape index (κ1) is 7.32. The second kappa shape index (κ2) is 2.70. The number of para-hydroxylation sites is 1. The average molecular weight is 184 g/mol. The van der Waals surface area contributed by atoms with Gasteiger partial charge in [-0.25, -0.2) is 0 Å². The first-order valence-electron chi connectivity index (χ1n) is 4.21. The lowest BCUT2D eigenvalue weighted by Gasteiger charge is -1.90. The van der Waals surface area contributed by atoms with Crippen LogP contribution in [0.1, 0.15) is 0 Å². The minimum absolute atomic E-state index is 0.488. The molecule has 4 nitrogen and oxygen atoms in total. The molecule has 0 fully saturated rings. The quantitative estimate of drug-likeness (QED) is 0.629. The molecule has 67 valence electrons. The monoisotopic (exact) mass is 184 g/mol. The molecule has 2 heterocycles. The number of aromatic nitrogens is 3. The van der Waals surface area contributed by atoms with Crippen molar-refractivity contribution in [3.63, 3.8) is 0 Å². The predicted octanol–water partition coefficient (Wildman–Crippen LogP) is 2.02. The zero-order valence-corrected chi connectivity index (χ0v) is 7.19. The zero-order chi connectivity index (χ0) is 9.38. The summed E-state index contributed by atoms with van der Waals surface area (Å²) in [6.07, 6.45) is 4.19. The minimum atomic E-state index is 0.488. The van der Waals surface area contributed by atoms with E-state index in [1.54, 1.807) is 0 Å². The largest absolute Gasteiger partial charge is 0.412 e. The molecular weight excluding hydrogens is 178 g/mol. The van der Waals surface area contributed by atoms with Crippen LogP contribution in [-0.4, -0.2) is 15.2 Å². The normalized spacial score (nSPS) is 10.9. The molecule has 0 saturated carbocycles. The van der Waals surface area contributed by atoms with Crippen LogP contribution in [0.3, 0.4) is 0 Å². The summed E-state index contributed by atoms with van der Waals surface area (Å²) in [6, 6.07) is 7.95. The van der Waals surface area contributed by atoms with Crippen molar-refractivity contribution in [3.8, 4) is 11.5 Å². The predicted molar refractivity (Wildman–Crippen MR) is 50.4 cm³/mol. The number of H-pyrrole nitrogens is 1. The van der Waals surface area contributed by atoms with Crippen LogP contribution in [-0.2, 0) is 0 Å². The highest BCUT2D eigenvalue weighted by atomic mass is 16.4. The number of nitrogens with zero attached hydrogens (tertiary/aromatic N) is 2.